The number of aromatic nitrogens is 3. The van der Waals surface area contributed by atoms with Crippen molar-refractivity contribution in [3.05, 3.63) is 78.5 Å². The average molecular weight is 597 g/mol. The molecule has 4 heterocycles. The average Bonchev–Trinajstić information content (AvgIpc) is 3.05. The van der Waals surface area contributed by atoms with Gasteiger partial charge in [-0.25, -0.2) is 14.4 Å². The van der Waals surface area contributed by atoms with Gasteiger partial charge in [-0.15, -0.1) is 0 Å². The molecule has 6 rings (SSSR count). The number of rotatable bonds is 9. The van der Waals surface area contributed by atoms with Crippen LogP contribution in [0.5, 0.6) is 5.75 Å². The summed E-state index contributed by atoms with van der Waals surface area (Å²) >= 11 is 0. The van der Waals surface area contributed by atoms with E-state index in [1.807, 2.05) is 12.1 Å². The molecule has 2 aromatic carbocycles. The first kappa shape index (κ1) is 29.8. The van der Waals surface area contributed by atoms with E-state index in [0.717, 1.165) is 49.7 Å². The molecule has 2 aliphatic heterocycles. The van der Waals surface area contributed by atoms with Gasteiger partial charge in [-0.05, 0) is 62.2 Å². The number of piperidine rings is 1. The van der Waals surface area contributed by atoms with Crippen LogP contribution in [0.4, 0.5) is 33.1 Å². The Hall–Kier alpha value is -4.28. The minimum atomic E-state index is -0.313. The Morgan fingerprint density at radius 3 is 2.36 bits per heavy atom. The Kier molecular flexibility index (Phi) is 9.18. The highest BCUT2D eigenvalue weighted by Gasteiger charge is 2.28. The summed E-state index contributed by atoms with van der Waals surface area (Å²) in [6, 6.07) is 17.1. The van der Waals surface area contributed by atoms with Crippen molar-refractivity contribution in [3.8, 4) is 17.0 Å². The largest absolute Gasteiger partial charge is 0.494 e. The lowest BCUT2D eigenvalue weighted by Crippen LogP contribution is -2.52. The molecular formula is C34H41FN8O. The Morgan fingerprint density at radius 1 is 0.886 bits per heavy atom. The first-order valence-electron chi connectivity index (χ1n) is 15.5. The van der Waals surface area contributed by atoms with E-state index in [2.05, 4.69) is 66.4 Å². The zero-order valence-electron chi connectivity index (χ0n) is 25.8. The zero-order valence-corrected chi connectivity index (χ0v) is 25.8. The topological polar surface area (TPSA) is 81.7 Å². The molecule has 0 aliphatic carbocycles. The molecule has 2 fully saturated rings. The van der Waals surface area contributed by atoms with Crippen LogP contribution in [-0.4, -0.2) is 84.2 Å². The highest BCUT2D eigenvalue weighted by Crippen LogP contribution is 2.37. The number of pyridine rings is 1. The summed E-state index contributed by atoms with van der Waals surface area (Å²) in [7, 11) is 3.92. The summed E-state index contributed by atoms with van der Waals surface area (Å²) in [5, 5.41) is 6.74. The highest BCUT2D eigenvalue weighted by atomic mass is 19.1. The van der Waals surface area contributed by atoms with E-state index in [9.17, 15) is 4.39 Å². The molecule has 9 nitrogen and oxygen atoms in total. The maximum Gasteiger partial charge on any atom is 0.144 e. The molecule has 0 spiro atoms. The summed E-state index contributed by atoms with van der Waals surface area (Å²) in [5.74, 6) is 1.69. The maximum atomic E-state index is 14.3. The molecule has 44 heavy (non-hydrogen) atoms. The van der Waals surface area contributed by atoms with Gasteiger partial charge in [0.15, 0.2) is 0 Å². The van der Waals surface area contributed by atoms with Gasteiger partial charge < -0.3 is 25.2 Å². The van der Waals surface area contributed by atoms with Crippen LogP contribution in [-0.2, 0) is 6.42 Å². The van der Waals surface area contributed by atoms with Crippen LogP contribution in [0.1, 0.15) is 25.3 Å². The standard InChI is InChI=1S/C34H41FN8O/c1-4-24-19-30(32(44-3)21-31(24)43-13-10-26(11-14-43)42-17-15-41(2)16-18-42)40-34-22-33(37-23-38-34)39-25-9-12-36-29(20-25)27-7-5-6-8-28(27)35/h5-9,12,19-23,26H,4,10-11,13-18H2,1-3H3,(H2,36,37,38,39,40). The number of methoxy groups -OCH3 is 1. The molecule has 0 unspecified atom stereocenters. The van der Waals surface area contributed by atoms with Gasteiger partial charge in [-0.3, -0.25) is 9.88 Å². The molecule has 0 bridgehead atoms. The molecule has 0 saturated carbocycles. The predicted molar refractivity (Wildman–Crippen MR) is 175 cm³/mol. The molecule has 2 aliphatic rings. The second-order valence-electron chi connectivity index (χ2n) is 11.5. The lowest BCUT2D eigenvalue weighted by atomic mass is 9.99. The fraction of sp³-hybridized carbons (Fsp3) is 0.382. The van der Waals surface area contributed by atoms with Crippen LogP contribution in [0.25, 0.3) is 11.3 Å². The van der Waals surface area contributed by atoms with Crippen LogP contribution in [0.2, 0.25) is 0 Å². The zero-order chi connectivity index (χ0) is 30.5. The SMILES string of the molecule is CCc1cc(Nc2cc(Nc3ccnc(-c4ccccc4F)c3)ncn2)c(OC)cc1N1CCC(N2CCN(C)CC2)CC1. The lowest BCUT2D eigenvalue weighted by Gasteiger charge is -2.43. The Morgan fingerprint density at radius 2 is 1.64 bits per heavy atom. The van der Waals surface area contributed by atoms with E-state index in [0.29, 0.717) is 28.9 Å². The number of likely N-dealkylation sites (N-methyl/N-ethyl adjacent to an activating group) is 1. The van der Waals surface area contributed by atoms with E-state index < -0.39 is 0 Å². The van der Waals surface area contributed by atoms with E-state index in [1.165, 1.54) is 49.6 Å². The summed E-state index contributed by atoms with van der Waals surface area (Å²) in [4.78, 5) is 20.8. The highest BCUT2D eigenvalue weighted by molar-refractivity contribution is 5.74. The van der Waals surface area contributed by atoms with Crippen molar-refractivity contribution in [3.63, 3.8) is 0 Å². The maximum absolute atomic E-state index is 14.3. The molecule has 4 aromatic rings. The number of aryl methyl sites for hydroxylation is 1. The normalized spacial score (nSPS) is 16.6. The van der Waals surface area contributed by atoms with Crippen molar-refractivity contribution in [2.24, 2.45) is 0 Å². The van der Waals surface area contributed by atoms with Crippen LogP contribution in [0.3, 0.4) is 0 Å². The van der Waals surface area contributed by atoms with E-state index in [1.54, 1.807) is 37.6 Å². The summed E-state index contributed by atoms with van der Waals surface area (Å²) < 4.78 is 20.2. The monoisotopic (exact) mass is 596 g/mol. The molecule has 10 heteroatoms. The third-order valence-corrected chi connectivity index (χ3v) is 8.75. The third kappa shape index (κ3) is 6.76. The number of ether oxygens (including phenoxy) is 1. The van der Waals surface area contributed by atoms with Crippen molar-refractivity contribution in [1.82, 2.24) is 24.8 Å². The molecule has 2 aromatic heterocycles. The third-order valence-electron chi connectivity index (χ3n) is 8.75. The van der Waals surface area contributed by atoms with Crippen molar-refractivity contribution >= 4 is 28.7 Å². The van der Waals surface area contributed by atoms with Gasteiger partial charge in [-0.1, -0.05) is 19.1 Å². The lowest BCUT2D eigenvalue weighted by molar-refractivity contribution is 0.0982. The van der Waals surface area contributed by atoms with Crippen molar-refractivity contribution in [2.45, 2.75) is 32.2 Å². The van der Waals surface area contributed by atoms with Crippen molar-refractivity contribution in [2.75, 3.05) is 69.0 Å². The van der Waals surface area contributed by atoms with Gasteiger partial charge >= 0.3 is 0 Å². The van der Waals surface area contributed by atoms with E-state index in [-0.39, 0.29) is 5.82 Å². The van der Waals surface area contributed by atoms with E-state index >= 15 is 0 Å². The first-order valence-corrected chi connectivity index (χ1v) is 15.5. The minimum absolute atomic E-state index is 0.313. The Labute approximate surface area is 259 Å². The van der Waals surface area contributed by atoms with Gasteiger partial charge in [-0.2, -0.15) is 0 Å². The second-order valence-corrected chi connectivity index (χ2v) is 11.5. The summed E-state index contributed by atoms with van der Waals surface area (Å²) in [6.45, 7) is 8.97. The van der Waals surface area contributed by atoms with Crippen LogP contribution < -0.4 is 20.3 Å². The van der Waals surface area contributed by atoms with E-state index in [4.69, 9.17) is 4.74 Å². The van der Waals surface area contributed by atoms with Gasteiger partial charge in [0.25, 0.3) is 0 Å². The molecule has 0 radical (unpaired) electrons. The number of benzene rings is 2. The number of piperazine rings is 1. The van der Waals surface area contributed by atoms with Gasteiger partial charge in [0, 0.05) is 80.6 Å². The molecule has 0 amide bonds. The van der Waals surface area contributed by atoms with Crippen molar-refractivity contribution in [1.29, 1.82) is 0 Å². The molecule has 2 saturated heterocycles. The number of halogens is 1. The van der Waals surface area contributed by atoms with Crippen LogP contribution >= 0.6 is 0 Å². The fourth-order valence-corrected chi connectivity index (χ4v) is 6.22. The number of hydrogen-bond acceptors (Lipinski definition) is 9. The molecule has 2 N–H and O–H groups in total. The van der Waals surface area contributed by atoms with Crippen LogP contribution in [0.15, 0.2) is 67.1 Å². The number of anilines is 5. The Bertz CT molecular complexity index is 1570. The second kappa shape index (κ2) is 13.6. The smallest absolute Gasteiger partial charge is 0.144 e. The van der Waals surface area contributed by atoms with Crippen LogP contribution in [0, 0.1) is 5.82 Å². The van der Waals surface area contributed by atoms with Gasteiger partial charge in [0.2, 0.25) is 0 Å². The van der Waals surface area contributed by atoms with Gasteiger partial charge in [0.05, 0.1) is 18.5 Å². The van der Waals surface area contributed by atoms with Gasteiger partial charge in [0.1, 0.15) is 29.5 Å². The minimum Gasteiger partial charge on any atom is -0.494 e. The molecule has 230 valence electrons. The summed E-state index contributed by atoms with van der Waals surface area (Å²) in [6.07, 6.45) is 6.44. The number of nitrogens with zero attached hydrogens (tertiary/aromatic N) is 6. The molecular weight excluding hydrogens is 555 g/mol. The van der Waals surface area contributed by atoms with Crippen molar-refractivity contribution < 1.29 is 9.13 Å². The molecule has 0 atom stereocenters. The quantitative estimate of drug-likeness (QED) is 0.244. The first-order chi connectivity index (χ1) is 21.5. The predicted octanol–water partition coefficient (Wildman–Crippen LogP) is 5.95. The summed E-state index contributed by atoms with van der Waals surface area (Å²) in [5.41, 5.74) is 5.12. The Balaban J connectivity index is 1.15. The number of nitrogens with one attached hydrogen (secondary N) is 2. The number of hydrogen-bond donors (Lipinski definition) is 2. The fourth-order valence-electron chi connectivity index (χ4n) is 6.22.